The van der Waals surface area contributed by atoms with Crippen LogP contribution in [0, 0.1) is 0 Å². The maximum absolute atomic E-state index is 12.6. The zero-order valence-electron chi connectivity index (χ0n) is 13.6. The molecular formula is C18H22N2O3S. The molecule has 5 nitrogen and oxygen atoms in total. The van der Waals surface area contributed by atoms with Crippen LogP contribution in [0.4, 0.5) is 0 Å². The van der Waals surface area contributed by atoms with E-state index in [1.54, 1.807) is 17.6 Å². The van der Waals surface area contributed by atoms with Crippen molar-refractivity contribution in [2.45, 2.75) is 25.3 Å². The van der Waals surface area contributed by atoms with Crippen LogP contribution in [0.15, 0.2) is 28.2 Å². The highest BCUT2D eigenvalue weighted by Gasteiger charge is 2.27. The number of fused-ring (bicyclic) bond motifs is 1. The number of rotatable bonds is 5. The number of aryl methyl sites for hydroxylation is 1. The third kappa shape index (κ3) is 3.14. The summed E-state index contributed by atoms with van der Waals surface area (Å²) < 4.78 is 11.0. The Bertz CT molecular complexity index is 689. The smallest absolute Gasteiger partial charge is 0.287 e. The molecule has 1 atom stereocenters. The molecule has 1 saturated heterocycles. The molecule has 1 unspecified atom stereocenters. The molecule has 3 heterocycles. The summed E-state index contributed by atoms with van der Waals surface area (Å²) in [4.78, 5) is 16.2. The number of nitrogens with zero attached hydrogens (tertiary/aromatic N) is 1. The fourth-order valence-corrected chi connectivity index (χ4v) is 4.46. The van der Waals surface area contributed by atoms with Gasteiger partial charge in [0.25, 0.3) is 5.91 Å². The highest BCUT2D eigenvalue weighted by molar-refractivity contribution is 7.10. The third-order valence-corrected chi connectivity index (χ3v) is 5.85. The Balaban J connectivity index is 1.45. The SMILES string of the molecule is O=C(NCC(c1cccs1)N1CCOCC1)c1occ2c1CCC2. The van der Waals surface area contributed by atoms with E-state index in [9.17, 15) is 4.79 Å². The molecule has 128 valence electrons. The maximum atomic E-state index is 12.6. The lowest BCUT2D eigenvalue weighted by Crippen LogP contribution is -2.43. The second-order valence-electron chi connectivity index (χ2n) is 6.31. The molecule has 0 saturated carbocycles. The average molecular weight is 346 g/mol. The van der Waals surface area contributed by atoms with Gasteiger partial charge in [-0.3, -0.25) is 9.69 Å². The van der Waals surface area contributed by atoms with Gasteiger partial charge in [0, 0.05) is 30.1 Å². The van der Waals surface area contributed by atoms with Gasteiger partial charge in [0.1, 0.15) is 0 Å². The molecule has 0 aromatic carbocycles. The Labute approximate surface area is 145 Å². The van der Waals surface area contributed by atoms with Crippen molar-refractivity contribution in [1.82, 2.24) is 10.2 Å². The number of morpholine rings is 1. The highest BCUT2D eigenvalue weighted by Crippen LogP contribution is 2.28. The Morgan fingerprint density at radius 1 is 1.33 bits per heavy atom. The number of thiophene rings is 1. The fourth-order valence-electron chi connectivity index (χ4n) is 3.60. The summed E-state index contributed by atoms with van der Waals surface area (Å²) in [7, 11) is 0. The third-order valence-electron chi connectivity index (χ3n) is 4.87. The van der Waals surface area contributed by atoms with Gasteiger partial charge in [-0.2, -0.15) is 0 Å². The van der Waals surface area contributed by atoms with Crippen LogP contribution in [0.3, 0.4) is 0 Å². The Morgan fingerprint density at radius 3 is 3.00 bits per heavy atom. The predicted octanol–water partition coefficient (Wildman–Crippen LogP) is 2.63. The lowest BCUT2D eigenvalue weighted by Gasteiger charge is -2.34. The lowest BCUT2D eigenvalue weighted by molar-refractivity contribution is 0.0168. The Kier molecular flexibility index (Phi) is 4.69. The van der Waals surface area contributed by atoms with Crippen LogP contribution in [0.25, 0.3) is 0 Å². The number of amides is 1. The van der Waals surface area contributed by atoms with Crippen LogP contribution in [-0.4, -0.2) is 43.7 Å². The number of nitrogens with one attached hydrogen (secondary N) is 1. The van der Waals surface area contributed by atoms with E-state index in [1.807, 2.05) is 0 Å². The van der Waals surface area contributed by atoms with E-state index in [1.165, 1.54) is 10.4 Å². The van der Waals surface area contributed by atoms with Crippen molar-refractivity contribution in [2.75, 3.05) is 32.8 Å². The van der Waals surface area contributed by atoms with Crippen molar-refractivity contribution in [1.29, 1.82) is 0 Å². The molecule has 1 N–H and O–H groups in total. The van der Waals surface area contributed by atoms with Gasteiger partial charge in [0.2, 0.25) is 0 Å². The number of furan rings is 1. The number of carbonyl (C=O) groups excluding carboxylic acids is 1. The molecule has 0 spiro atoms. The van der Waals surface area contributed by atoms with Gasteiger partial charge >= 0.3 is 0 Å². The number of hydrogen-bond donors (Lipinski definition) is 1. The van der Waals surface area contributed by atoms with Gasteiger partial charge in [-0.15, -0.1) is 11.3 Å². The van der Waals surface area contributed by atoms with Gasteiger partial charge in [-0.25, -0.2) is 0 Å². The standard InChI is InChI=1S/C18H22N2O3S/c21-18(17-14-4-1-3-13(14)12-23-17)19-11-15(16-5-2-10-24-16)20-6-8-22-9-7-20/h2,5,10,12,15H,1,3-4,6-9,11H2,(H,19,21). The van der Waals surface area contributed by atoms with Crippen LogP contribution in [0.5, 0.6) is 0 Å². The minimum absolute atomic E-state index is 0.0898. The second-order valence-corrected chi connectivity index (χ2v) is 7.29. The lowest BCUT2D eigenvalue weighted by atomic mass is 10.1. The zero-order valence-corrected chi connectivity index (χ0v) is 14.4. The first-order chi connectivity index (χ1) is 11.8. The van der Waals surface area contributed by atoms with E-state index < -0.39 is 0 Å². The molecule has 1 aliphatic carbocycles. The number of carbonyl (C=O) groups is 1. The Morgan fingerprint density at radius 2 is 2.21 bits per heavy atom. The van der Waals surface area contributed by atoms with E-state index in [0.717, 1.165) is 51.1 Å². The molecule has 2 aliphatic rings. The van der Waals surface area contributed by atoms with Crippen LogP contribution < -0.4 is 5.32 Å². The molecule has 1 amide bonds. The van der Waals surface area contributed by atoms with Gasteiger partial charge in [0.15, 0.2) is 5.76 Å². The van der Waals surface area contributed by atoms with E-state index in [0.29, 0.717) is 12.3 Å². The summed E-state index contributed by atoms with van der Waals surface area (Å²) in [6.45, 7) is 3.89. The minimum atomic E-state index is -0.0898. The Hall–Kier alpha value is -1.63. The summed E-state index contributed by atoms with van der Waals surface area (Å²) in [5, 5.41) is 5.18. The molecule has 4 rings (SSSR count). The minimum Gasteiger partial charge on any atom is -0.459 e. The maximum Gasteiger partial charge on any atom is 0.287 e. The zero-order chi connectivity index (χ0) is 16.4. The monoisotopic (exact) mass is 346 g/mol. The van der Waals surface area contributed by atoms with E-state index in [2.05, 4.69) is 27.7 Å². The molecular weight excluding hydrogens is 324 g/mol. The van der Waals surface area contributed by atoms with Gasteiger partial charge in [-0.1, -0.05) is 6.07 Å². The van der Waals surface area contributed by atoms with Crippen LogP contribution in [0.2, 0.25) is 0 Å². The van der Waals surface area contributed by atoms with Crippen molar-refractivity contribution >= 4 is 17.2 Å². The van der Waals surface area contributed by atoms with E-state index >= 15 is 0 Å². The van der Waals surface area contributed by atoms with Gasteiger partial charge in [0.05, 0.1) is 25.5 Å². The number of hydrogen-bond acceptors (Lipinski definition) is 5. The summed E-state index contributed by atoms with van der Waals surface area (Å²) in [6.07, 6.45) is 4.84. The summed E-state index contributed by atoms with van der Waals surface area (Å²) >= 11 is 1.74. The largest absolute Gasteiger partial charge is 0.459 e. The summed E-state index contributed by atoms with van der Waals surface area (Å²) in [5.74, 6) is 0.419. The first-order valence-electron chi connectivity index (χ1n) is 8.55. The molecule has 2 aromatic rings. The summed E-state index contributed by atoms with van der Waals surface area (Å²) in [5.41, 5.74) is 2.30. The number of ether oxygens (including phenoxy) is 1. The molecule has 1 fully saturated rings. The molecule has 6 heteroatoms. The molecule has 0 bridgehead atoms. The molecule has 1 aliphatic heterocycles. The van der Waals surface area contributed by atoms with Crippen molar-refractivity contribution in [3.05, 3.63) is 45.5 Å². The topological polar surface area (TPSA) is 54.7 Å². The van der Waals surface area contributed by atoms with E-state index in [-0.39, 0.29) is 11.9 Å². The van der Waals surface area contributed by atoms with Crippen molar-refractivity contribution < 1.29 is 13.9 Å². The van der Waals surface area contributed by atoms with E-state index in [4.69, 9.17) is 9.15 Å². The van der Waals surface area contributed by atoms with Crippen molar-refractivity contribution in [2.24, 2.45) is 0 Å². The van der Waals surface area contributed by atoms with Crippen LogP contribution in [-0.2, 0) is 17.6 Å². The predicted molar refractivity (Wildman–Crippen MR) is 92.5 cm³/mol. The van der Waals surface area contributed by atoms with Crippen LogP contribution >= 0.6 is 11.3 Å². The average Bonchev–Trinajstić information content (AvgIpc) is 3.34. The quantitative estimate of drug-likeness (QED) is 0.904. The second kappa shape index (κ2) is 7.09. The van der Waals surface area contributed by atoms with Crippen LogP contribution in [0.1, 0.15) is 39.0 Å². The molecule has 24 heavy (non-hydrogen) atoms. The van der Waals surface area contributed by atoms with Crippen molar-refractivity contribution in [3.63, 3.8) is 0 Å². The molecule has 2 aromatic heterocycles. The first kappa shape index (κ1) is 15.9. The highest BCUT2D eigenvalue weighted by atomic mass is 32.1. The molecule has 0 radical (unpaired) electrons. The summed E-state index contributed by atoms with van der Waals surface area (Å²) in [6, 6.07) is 4.40. The fraction of sp³-hybridized carbons (Fsp3) is 0.500. The first-order valence-corrected chi connectivity index (χ1v) is 9.43. The normalized spacial score (nSPS) is 19.2. The van der Waals surface area contributed by atoms with Crippen molar-refractivity contribution in [3.8, 4) is 0 Å². The van der Waals surface area contributed by atoms with Gasteiger partial charge in [-0.05, 0) is 36.3 Å². The van der Waals surface area contributed by atoms with Gasteiger partial charge < -0.3 is 14.5 Å².